The zero-order valence-corrected chi connectivity index (χ0v) is 20.9. The highest BCUT2D eigenvalue weighted by Crippen LogP contribution is 2.40. The third-order valence-electron chi connectivity index (χ3n) is 6.06. The van der Waals surface area contributed by atoms with E-state index in [0.29, 0.717) is 30.4 Å². The van der Waals surface area contributed by atoms with Gasteiger partial charge in [0.1, 0.15) is 11.5 Å². The normalized spacial score (nSPS) is 17.7. The number of nitrogens with zero attached hydrogens (tertiary/aromatic N) is 2. The number of amides is 1. The van der Waals surface area contributed by atoms with Crippen molar-refractivity contribution in [2.75, 3.05) is 33.8 Å². The number of ether oxygens (including phenoxy) is 1. The Morgan fingerprint density at radius 1 is 1.06 bits per heavy atom. The lowest BCUT2D eigenvalue weighted by molar-refractivity contribution is -0.139. The van der Waals surface area contributed by atoms with Crippen LogP contribution in [0.5, 0.6) is 5.75 Å². The number of hydrogen-bond donors (Lipinski definition) is 1. The quantitative estimate of drug-likeness (QED) is 0.305. The van der Waals surface area contributed by atoms with E-state index >= 15 is 0 Å². The van der Waals surface area contributed by atoms with Crippen LogP contribution in [0.15, 0.2) is 54.1 Å². The van der Waals surface area contributed by atoms with E-state index in [1.807, 2.05) is 50.2 Å². The van der Waals surface area contributed by atoms with Gasteiger partial charge in [-0.05, 0) is 74.8 Å². The van der Waals surface area contributed by atoms with E-state index in [4.69, 9.17) is 4.74 Å². The highest BCUT2D eigenvalue weighted by atomic mass is 16.5. The summed E-state index contributed by atoms with van der Waals surface area (Å²) in [5.74, 6) is -0.307. The van der Waals surface area contributed by atoms with Crippen LogP contribution in [-0.2, 0) is 9.59 Å². The second kappa shape index (κ2) is 11.3. The van der Waals surface area contributed by atoms with Crippen LogP contribution in [0.4, 0.5) is 0 Å². The Morgan fingerprint density at radius 2 is 1.71 bits per heavy atom. The Hall–Kier alpha value is -3.12. The molecule has 0 radical (unpaired) electrons. The number of benzene rings is 2. The summed E-state index contributed by atoms with van der Waals surface area (Å²) in [6.07, 6.45) is 1.62. The number of hydrogen-bond acceptors (Lipinski definition) is 5. The molecule has 182 valence electrons. The fraction of sp³-hybridized carbons (Fsp3) is 0.429. The van der Waals surface area contributed by atoms with Crippen LogP contribution in [0.1, 0.15) is 62.3 Å². The van der Waals surface area contributed by atoms with Gasteiger partial charge in [-0.1, -0.05) is 45.0 Å². The molecule has 1 saturated heterocycles. The smallest absolute Gasteiger partial charge is 0.295 e. The number of rotatable bonds is 10. The minimum atomic E-state index is -0.647. The summed E-state index contributed by atoms with van der Waals surface area (Å²) >= 11 is 0. The number of likely N-dealkylation sites (tertiary alicyclic amines) is 1. The second-order valence-electron chi connectivity index (χ2n) is 9.34. The van der Waals surface area contributed by atoms with E-state index < -0.39 is 17.7 Å². The molecule has 0 saturated carbocycles. The number of aliphatic hydroxyl groups excluding tert-OH is 1. The summed E-state index contributed by atoms with van der Waals surface area (Å²) in [6.45, 7) is 8.11. The molecule has 34 heavy (non-hydrogen) atoms. The van der Waals surface area contributed by atoms with Gasteiger partial charge in [-0.15, -0.1) is 0 Å². The number of carbonyl (C=O) groups is 2. The monoisotopic (exact) mass is 464 g/mol. The van der Waals surface area contributed by atoms with Gasteiger partial charge in [0.25, 0.3) is 11.7 Å². The predicted octanol–water partition coefficient (Wildman–Crippen LogP) is 4.97. The third-order valence-corrected chi connectivity index (χ3v) is 6.06. The van der Waals surface area contributed by atoms with Crippen LogP contribution < -0.4 is 4.74 Å². The third kappa shape index (κ3) is 5.68. The molecule has 1 aliphatic heterocycles. The first-order valence-corrected chi connectivity index (χ1v) is 12.0. The molecule has 0 spiro atoms. The Kier molecular flexibility index (Phi) is 8.51. The lowest BCUT2D eigenvalue weighted by atomic mass is 9.93. The Bertz CT molecular complexity index is 1020. The topological polar surface area (TPSA) is 70.1 Å². The molecule has 1 fully saturated rings. The van der Waals surface area contributed by atoms with Crippen LogP contribution in [0.3, 0.4) is 0 Å². The fourth-order valence-electron chi connectivity index (χ4n) is 4.16. The SMILES string of the molecule is CCCOc1ccc(C(O)=C2C(=O)C(=O)N(CCCN(C)C)[C@@H]2c2ccc(C(C)C)cc2)cc1. The second-order valence-corrected chi connectivity index (χ2v) is 9.34. The van der Waals surface area contributed by atoms with Crippen molar-refractivity contribution in [1.29, 1.82) is 0 Å². The first-order valence-electron chi connectivity index (χ1n) is 12.0. The summed E-state index contributed by atoms with van der Waals surface area (Å²) in [7, 11) is 3.95. The van der Waals surface area contributed by atoms with Crippen molar-refractivity contribution in [3.63, 3.8) is 0 Å². The molecule has 2 aromatic carbocycles. The Labute approximate surface area is 202 Å². The van der Waals surface area contributed by atoms with Gasteiger partial charge in [0.05, 0.1) is 18.2 Å². The van der Waals surface area contributed by atoms with Crippen LogP contribution in [0.2, 0.25) is 0 Å². The molecular weight excluding hydrogens is 428 g/mol. The van der Waals surface area contributed by atoms with Gasteiger partial charge in [-0.25, -0.2) is 0 Å². The van der Waals surface area contributed by atoms with Gasteiger partial charge < -0.3 is 19.6 Å². The lowest BCUT2D eigenvalue weighted by Gasteiger charge is -2.26. The van der Waals surface area contributed by atoms with Crippen LogP contribution in [0.25, 0.3) is 5.76 Å². The summed E-state index contributed by atoms with van der Waals surface area (Å²) in [4.78, 5) is 29.9. The van der Waals surface area contributed by atoms with Gasteiger partial charge in [0.2, 0.25) is 0 Å². The van der Waals surface area contributed by atoms with Gasteiger partial charge in [-0.2, -0.15) is 0 Å². The van der Waals surface area contributed by atoms with E-state index in [0.717, 1.165) is 24.9 Å². The average molecular weight is 465 g/mol. The minimum Gasteiger partial charge on any atom is -0.507 e. The molecule has 0 aromatic heterocycles. The van der Waals surface area contributed by atoms with Crippen molar-refractivity contribution in [2.24, 2.45) is 0 Å². The summed E-state index contributed by atoms with van der Waals surface area (Å²) in [6, 6.07) is 14.3. The molecule has 1 N–H and O–H groups in total. The number of aliphatic hydroxyl groups is 1. The molecule has 1 atom stereocenters. The van der Waals surface area contributed by atoms with Crippen molar-refractivity contribution in [3.8, 4) is 5.75 Å². The molecule has 3 rings (SSSR count). The van der Waals surface area contributed by atoms with Crippen molar-refractivity contribution in [1.82, 2.24) is 9.80 Å². The van der Waals surface area contributed by atoms with E-state index in [-0.39, 0.29) is 11.3 Å². The maximum absolute atomic E-state index is 13.2. The highest BCUT2D eigenvalue weighted by Gasteiger charge is 2.45. The number of Topliss-reactive ketones (excluding diaryl/α,β-unsaturated/α-hetero) is 1. The zero-order valence-electron chi connectivity index (χ0n) is 20.9. The zero-order chi connectivity index (χ0) is 24.8. The summed E-state index contributed by atoms with van der Waals surface area (Å²) in [5, 5.41) is 11.2. The molecule has 1 amide bonds. The largest absolute Gasteiger partial charge is 0.507 e. The summed E-state index contributed by atoms with van der Waals surface area (Å²) in [5.41, 5.74) is 2.61. The van der Waals surface area contributed by atoms with Gasteiger partial charge in [0, 0.05) is 12.1 Å². The molecule has 0 unspecified atom stereocenters. The number of ketones is 1. The molecule has 2 aromatic rings. The standard InChI is InChI=1S/C28H36N2O4/c1-6-18-34-23-14-12-22(13-15-23)26(31)24-25(21-10-8-20(9-11-21)19(2)3)30(28(33)27(24)32)17-7-16-29(4)5/h8-15,19,25,31H,6-7,16-18H2,1-5H3/t25-/m1/s1. The molecule has 1 aliphatic rings. The summed E-state index contributed by atoms with van der Waals surface area (Å²) < 4.78 is 5.62. The van der Waals surface area contributed by atoms with Crippen molar-refractivity contribution in [3.05, 3.63) is 70.8 Å². The molecular formula is C28H36N2O4. The predicted molar refractivity (Wildman–Crippen MR) is 135 cm³/mol. The van der Waals surface area contributed by atoms with E-state index in [2.05, 4.69) is 13.8 Å². The maximum Gasteiger partial charge on any atom is 0.295 e. The molecule has 6 nitrogen and oxygen atoms in total. The Morgan fingerprint density at radius 3 is 2.26 bits per heavy atom. The van der Waals surface area contributed by atoms with E-state index in [1.165, 1.54) is 5.56 Å². The van der Waals surface area contributed by atoms with Gasteiger partial charge >= 0.3 is 0 Å². The molecule has 1 heterocycles. The van der Waals surface area contributed by atoms with Crippen LogP contribution in [-0.4, -0.2) is 60.4 Å². The fourth-order valence-corrected chi connectivity index (χ4v) is 4.16. The highest BCUT2D eigenvalue weighted by molar-refractivity contribution is 6.46. The maximum atomic E-state index is 13.2. The van der Waals surface area contributed by atoms with Crippen molar-refractivity contribution >= 4 is 17.4 Å². The van der Waals surface area contributed by atoms with Gasteiger partial charge in [-0.3, -0.25) is 9.59 Å². The van der Waals surface area contributed by atoms with Crippen LogP contribution >= 0.6 is 0 Å². The molecule has 6 heteroatoms. The lowest BCUT2D eigenvalue weighted by Crippen LogP contribution is -2.32. The van der Waals surface area contributed by atoms with Crippen molar-refractivity contribution in [2.45, 2.75) is 45.6 Å². The average Bonchev–Trinajstić information content (AvgIpc) is 3.07. The van der Waals surface area contributed by atoms with Crippen LogP contribution in [0, 0.1) is 0 Å². The molecule has 0 bridgehead atoms. The van der Waals surface area contributed by atoms with Gasteiger partial charge in [0.15, 0.2) is 0 Å². The van der Waals surface area contributed by atoms with E-state index in [1.54, 1.807) is 29.2 Å². The first kappa shape index (κ1) is 25.5. The van der Waals surface area contributed by atoms with E-state index in [9.17, 15) is 14.7 Å². The number of carbonyl (C=O) groups excluding carboxylic acids is 2. The first-order chi connectivity index (χ1) is 16.2. The van der Waals surface area contributed by atoms with Crippen molar-refractivity contribution < 1.29 is 19.4 Å². The molecule has 0 aliphatic carbocycles. The minimum absolute atomic E-state index is 0.134. The Balaban J connectivity index is 2.02.